The summed E-state index contributed by atoms with van der Waals surface area (Å²) in [5.74, 6) is 0.790. The Kier molecular flexibility index (Phi) is 4.91. The van der Waals surface area contributed by atoms with Crippen LogP contribution in [0, 0.1) is 5.41 Å². The molecule has 128 valence electrons. The van der Waals surface area contributed by atoms with Crippen LogP contribution in [-0.2, 0) is 21.2 Å². The molecule has 1 fully saturated rings. The fourth-order valence-corrected chi connectivity index (χ4v) is 4.50. The molecule has 23 heavy (non-hydrogen) atoms. The topological polar surface area (TPSA) is 76.7 Å². The quantitative estimate of drug-likeness (QED) is 0.805. The lowest BCUT2D eigenvalue weighted by atomic mass is 9.80. The average molecular weight is 340 g/mol. The van der Waals surface area contributed by atoms with Crippen molar-refractivity contribution in [2.75, 3.05) is 40.0 Å². The molecule has 0 amide bonds. The number of benzene rings is 1. The first-order chi connectivity index (χ1) is 11.0. The minimum absolute atomic E-state index is 0.132. The minimum atomic E-state index is -3.52. The number of nitrogens with one attached hydrogen (secondary N) is 2. The van der Waals surface area contributed by atoms with Crippen LogP contribution in [0.25, 0.3) is 0 Å². The Balaban J connectivity index is 1.72. The van der Waals surface area contributed by atoms with Crippen molar-refractivity contribution >= 4 is 10.0 Å². The fraction of sp³-hybridized carbons (Fsp3) is 0.625. The smallest absolute Gasteiger partial charge is 0.240 e. The van der Waals surface area contributed by atoms with Crippen LogP contribution in [-0.4, -0.2) is 48.4 Å². The maximum absolute atomic E-state index is 12.6. The number of hydrogen-bond acceptors (Lipinski definition) is 5. The van der Waals surface area contributed by atoms with E-state index in [1.807, 2.05) is 0 Å². The molecular formula is C16H24N2O4S. The van der Waals surface area contributed by atoms with E-state index in [1.165, 1.54) is 0 Å². The second-order valence-corrected chi connectivity index (χ2v) is 8.14. The highest BCUT2D eigenvalue weighted by atomic mass is 32.2. The summed E-state index contributed by atoms with van der Waals surface area (Å²) < 4.78 is 38.8. The van der Waals surface area contributed by atoms with Gasteiger partial charge in [0, 0.05) is 25.5 Å². The Labute approximate surface area is 137 Å². The molecule has 0 aliphatic carbocycles. The number of hydrogen-bond donors (Lipinski definition) is 2. The van der Waals surface area contributed by atoms with Crippen molar-refractivity contribution in [2.24, 2.45) is 5.41 Å². The number of methoxy groups -OCH3 is 1. The Morgan fingerprint density at radius 3 is 2.87 bits per heavy atom. The molecule has 1 aromatic carbocycles. The second-order valence-electron chi connectivity index (χ2n) is 6.38. The third-order valence-corrected chi connectivity index (χ3v) is 6.12. The first kappa shape index (κ1) is 16.7. The molecule has 0 saturated carbocycles. The maximum atomic E-state index is 12.6. The summed E-state index contributed by atoms with van der Waals surface area (Å²) in [5, 5.41) is 3.31. The standard InChI is InChI=1S/C16H24N2O4S/c1-21-12-16(5-7-17-8-6-16)11-18-23(19,20)14-2-3-15-13(10-14)4-9-22-15/h2-3,10,17-18H,4-9,11-12H2,1H3. The molecular weight excluding hydrogens is 316 g/mol. The van der Waals surface area contributed by atoms with Gasteiger partial charge in [0.05, 0.1) is 18.1 Å². The third-order valence-electron chi connectivity index (χ3n) is 4.72. The molecule has 7 heteroatoms. The molecule has 0 radical (unpaired) electrons. The van der Waals surface area contributed by atoms with Gasteiger partial charge < -0.3 is 14.8 Å². The van der Waals surface area contributed by atoms with Crippen LogP contribution in [0.4, 0.5) is 0 Å². The van der Waals surface area contributed by atoms with E-state index >= 15 is 0 Å². The Hall–Kier alpha value is -1.15. The van der Waals surface area contributed by atoms with Crippen molar-refractivity contribution in [3.05, 3.63) is 23.8 Å². The first-order valence-corrected chi connectivity index (χ1v) is 9.48. The van der Waals surface area contributed by atoms with Crippen LogP contribution in [0.5, 0.6) is 5.75 Å². The number of piperidine rings is 1. The van der Waals surface area contributed by atoms with Gasteiger partial charge in [0.15, 0.2) is 0 Å². The number of fused-ring (bicyclic) bond motifs is 1. The van der Waals surface area contributed by atoms with Gasteiger partial charge in [0.25, 0.3) is 0 Å². The average Bonchev–Trinajstić information content (AvgIpc) is 3.02. The highest BCUT2D eigenvalue weighted by molar-refractivity contribution is 7.89. The van der Waals surface area contributed by atoms with Crippen LogP contribution in [0.15, 0.2) is 23.1 Å². The zero-order chi connectivity index (χ0) is 16.3. The molecule has 6 nitrogen and oxygen atoms in total. The maximum Gasteiger partial charge on any atom is 0.240 e. The molecule has 3 rings (SSSR count). The summed E-state index contributed by atoms with van der Waals surface area (Å²) in [6.45, 7) is 3.37. The van der Waals surface area contributed by atoms with Gasteiger partial charge in [-0.05, 0) is 49.7 Å². The van der Waals surface area contributed by atoms with Crippen molar-refractivity contribution in [2.45, 2.75) is 24.2 Å². The van der Waals surface area contributed by atoms with Crippen LogP contribution in [0.2, 0.25) is 0 Å². The molecule has 2 N–H and O–H groups in total. The molecule has 2 aliphatic rings. The molecule has 2 aliphatic heterocycles. The summed E-state index contributed by atoms with van der Waals surface area (Å²) in [6.07, 6.45) is 2.57. The number of ether oxygens (including phenoxy) is 2. The van der Waals surface area contributed by atoms with Gasteiger partial charge in [-0.25, -0.2) is 13.1 Å². The van der Waals surface area contributed by atoms with E-state index in [0.29, 0.717) is 24.7 Å². The lowest BCUT2D eigenvalue weighted by molar-refractivity contribution is 0.0577. The predicted molar refractivity (Wildman–Crippen MR) is 87.2 cm³/mol. The van der Waals surface area contributed by atoms with E-state index < -0.39 is 10.0 Å². The molecule has 0 atom stereocenters. The van der Waals surface area contributed by atoms with E-state index in [1.54, 1.807) is 25.3 Å². The molecule has 2 heterocycles. The predicted octanol–water partition coefficient (Wildman–Crippen LogP) is 0.916. The monoisotopic (exact) mass is 340 g/mol. The van der Waals surface area contributed by atoms with E-state index in [9.17, 15) is 8.42 Å². The van der Waals surface area contributed by atoms with Gasteiger partial charge in [-0.2, -0.15) is 0 Å². The third kappa shape index (κ3) is 3.68. The van der Waals surface area contributed by atoms with Crippen molar-refractivity contribution in [3.8, 4) is 5.75 Å². The highest BCUT2D eigenvalue weighted by Gasteiger charge is 2.33. The summed E-state index contributed by atoms with van der Waals surface area (Å²) >= 11 is 0. The molecule has 0 aromatic heterocycles. The van der Waals surface area contributed by atoms with Crippen molar-refractivity contribution in [1.29, 1.82) is 0 Å². The number of rotatable bonds is 6. The highest BCUT2D eigenvalue weighted by Crippen LogP contribution is 2.30. The minimum Gasteiger partial charge on any atom is -0.493 e. The summed E-state index contributed by atoms with van der Waals surface area (Å²) in [4.78, 5) is 0.309. The largest absolute Gasteiger partial charge is 0.493 e. The summed E-state index contributed by atoms with van der Waals surface area (Å²) in [5.41, 5.74) is 0.828. The molecule has 0 spiro atoms. The van der Waals surface area contributed by atoms with Crippen LogP contribution in [0.3, 0.4) is 0 Å². The SMILES string of the molecule is COCC1(CNS(=O)(=O)c2ccc3c(c2)CCO3)CCNCC1. The van der Waals surface area contributed by atoms with Gasteiger partial charge in [0.2, 0.25) is 10.0 Å². The Morgan fingerprint density at radius 2 is 2.13 bits per heavy atom. The zero-order valence-electron chi connectivity index (χ0n) is 13.4. The Bertz CT molecular complexity index is 649. The van der Waals surface area contributed by atoms with Crippen molar-refractivity contribution in [3.63, 3.8) is 0 Å². The lowest BCUT2D eigenvalue weighted by Crippen LogP contribution is -2.47. The summed E-state index contributed by atoms with van der Waals surface area (Å²) in [7, 11) is -1.85. The van der Waals surface area contributed by atoms with Gasteiger partial charge in [-0.3, -0.25) is 0 Å². The zero-order valence-corrected chi connectivity index (χ0v) is 14.2. The van der Waals surface area contributed by atoms with Crippen LogP contribution >= 0.6 is 0 Å². The van der Waals surface area contributed by atoms with Crippen LogP contribution in [0.1, 0.15) is 18.4 Å². The van der Waals surface area contributed by atoms with Gasteiger partial charge >= 0.3 is 0 Å². The van der Waals surface area contributed by atoms with E-state index in [0.717, 1.165) is 43.7 Å². The van der Waals surface area contributed by atoms with Crippen molar-refractivity contribution in [1.82, 2.24) is 10.0 Å². The number of sulfonamides is 1. The van der Waals surface area contributed by atoms with Gasteiger partial charge in [-0.15, -0.1) is 0 Å². The van der Waals surface area contributed by atoms with E-state index in [-0.39, 0.29) is 5.41 Å². The van der Waals surface area contributed by atoms with E-state index in [4.69, 9.17) is 9.47 Å². The van der Waals surface area contributed by atoms with E-state index in [2.05, 4.69) is 10.0 Å². The van der Waals surface area contributed by atoms with Gasteiger partial charge in [0.1, 0.15) is 5.75 Å². The van der Waals surface area contributed by atoms with Crippen molar-refractivity contribution < 1.29 is 17.9 Å². The fourth-order valence-electron chi connectivity index (χ4n) is 3.30. The Morgan fingerprint density at radius 1 is 1.35 bits per heavy atom. The second kappa shape index (κ2) is 6.76. The van der Waals surface area contributed by atoms with Gasteiger partial charge in [-0.1, -0.05) is 0 Å². The lowest BCUT2D eigenvalue weighted by Gasteiger charge is -2.37. The van der Waals surface area contributed by atoms with Crippen LogP contribution < -0.4 is 14.8 Å². The normalized spacial score (nSPS) is 20.0. The molecule has 1 aromatic rings. The molecule has 1 saturated heterocycles. The first-order valence-electron chi connectivity index (χ1n) is 8.00. The molecule has 0 unspecified atom stereocenters. The summed E-state index contributed by atoms with van der Waals surface area (Å²) in [6, 6.07) is 5.07. The molecule has 0 bridgehead atoms.